The summed E-state index contributed by atoms with van der Waals surface area (Å²) < 4.78 is 40.3. The number of hydrogen-bond donors (Lipinski definition) is 4. The van der Waals surface area contributed by atoms with Crippen molar-refractivity contribution in [1.82, 2.24) is 10.6 Å². The van der Waals surface area contributed by atoms with Gasteiger partial charge in [-0.25, -0.2) is 13.2 Å². The zero-order valence-corrected chi connectivity index (χ0v) is 32.2. The van der Waals surface area contributed by atoms with Crippen molar-refractivity contribution >= 4 is 21.8 Å². The van der Waals surface area contributed by atoms with Gasteiger partial charge >= 0.3 is 6.09 Å². The number of amides is 1. The SMILES string of the molecule is O=C(NCCCCc1ccc(CCCCNC[C@H](O)c2ccc(OCc3ccccc3)c(NS(=O)(=O)CCc3ccccc3)c2)cc1)OCc1ccccc1. The first-order valence-corrected chi connectivity index (χ1v) is 20.7. The lowest BCUT2D eigenvalue weighted by Gasteiger charge is -2.18. The topological polar surface area (TPSA) is 126 Å². The highest BCUT2D eigenvalue weighted by Crippen LogP contribution is 2.30. The van der Waals surface area contributed by atoms with E-state index in [0.717, 1.165) is 61.8 Å². The number of benzene rings is 5. The van der Waals surface area contributed by atoms with Gasteiger partial charge in [0.25, 0.3) is 0 Å². The number of rotatable bonds is 23. The Hall–Kier alpha value is -5.16. The molecule has 5 rings (SSSR count). The molecule has 0 aliphatic heterocycles. The van der Waals surface area contributed by atoms with Crippen molar-refractivity contribution in [3.63, 3.8) is 0 Å². The average molecular weight is 764 g/mol. The lowest BCUT2D eigenvalue weighted by atomic mass is 10.0. The molecule has 4 N–H and O–H groups in total. The fourth-order valence-electron chi connectivity index (χ4n) is 6.04. The van der Waals surface area contributed by atoms with E-state index in [0.29, 0.717) is 36.5 Å². The zero-order valence-electron chi connectivity index (χ0n) is 31.4. The van der Waals surface area contributed by atoms with E-state index in [1.807, 2.05) is 91.0 Å². The Bertz CT molecular complexity index is 1960. The van der Waals surface area contributed by atoms with Crippen LogP contribution in [0.1, 0.15) is 65.2 Å². The maximum atomic E-state index is 13.1. The summed E-state index contributed by atoms with van der Waals surface area (Å²) in [6.45, 7) is 2.23. The van der Waals surface area contributed by atoms with Gasteiger partial charge in [0, 0.05) is 13.1 Å². The van der Waals surface area contributed by atoms with Gasteiger partial charge in [0.15, 0.2) is 0 Å². The van der Waals surface area contributed by atoms with E-state index in [9.17, 15) is 18.3 Å². The molecule has 0 aliphatic carbocycles. The third kappa shape index (κ3) is 15.2. The number of unbranched alkanes of at least 4 members (excludes halogenated alkanes) is 2. The molecule has 0 saturated heterocycles. The van der Waals surface area contributed by atoms with Crippen molar-refractivity contribution in [2.24, 2.45) is 0 Å². The van der Waals surface area contributed by atoms with Gasteiger partial charge in [-0.05, 0) is 97.0 Å². The molecular weight excluding hydrogens is 711 g/mol. The fourth-order valence-corrected chi connectivity index (χ4v) is 7.14. The molecule has 0 bridgehead atoms. The van der Waals surface area contributed by atoms with Crippen molar-refractivity contribution < 1.29 is 27.8 Å². The minimum absolute atomic E-state index is 0.0808. The van der Waals surface area contributed by atoms with Crippen molar-refractivity contribution in [2.75, 3.05) is 30.1 Å². The van der Waals surface area contributed by atoms with Gasteiger partial charge < -0.3 is 25.2 Å². The van der Waals surface area contributed by atoms with Crippen LogP contribution in [0.5, 0.6) is 5.75 Å². The highest BCUT2D eigenvalue weighted by Gasteiger charge is 2.17. The summed E-state index contributed by atoms with van der Waals surface area (Å²) in [5, 5.41) is 17.2. The Kier molecular flexibility index (Phi) is 16.6. The number of hydrogen-bond acceptors (Lipinski definition) is 7. The molecule has 290 valence electrons. The second-order valence-electron chi connectivity index (χ2n) is 13.6. The lowest BCUT2D eigenvalue weighted by molar-refractivity contribution is 0.139. The number of ether oxygens (including phenoxy) is 2. The van der Waals surface area contributed by atoms with Crippen molar-refractivity contribution in [2.45, 2.75) is 64.3 Å². The molecule has 0 heterocycles. The molecule has 1 atom stereocenters. The first kappa shape index (κ1) is 41.0. The molecule has 0 radical (unpaired) electrons. The first-order valence-electron chi connectivity index (χ1n) is 19.1. The minimum Gasteiger partial charge on any atom is -0.487 e. The number of alkyl carbamates (subject to hydrolysis) is 1. The quantitative estimate of drug-likeness (QED) is 0.0495. The van der Waals surface area contributed by atoms with Crippen LogP contribution >= 0.6 is 0 Å². The highest BCUT2D eigenvalue weighted by atomic mass is 32.2. The maximum absolute atomic E-state index is 13.1. The van der Waals surface area contributed by atoms with Crippen LogP contribution in [-0.4, -0.2) is 45.0 Å². The molecule has 9 nitrogen and oxygen atoms in total. The predicted octanol–water partition coefficient (Wildman–Crippen LogP) is 8.15. The Morgan fingerprint density at radius 1 is 0.618 bits per heavy atom. The summed E-state index contributed by atoms with van der Waals surface area (Å²) in [6, 6.07) is 42.7. The van der Waals surface area contributed by atoms with Crippen LogP contribution in [0.25, 0.3) is 0 Å². The predicted molar refractivity (Wildman–Crippen MR) is 220 cm³/mol. The highest BCUT2D eigenvalue weighted by molar-refractivity contribution is 7.92. The van der Waals surface area contributed by atoms with E-state index in [1.165, 1.54) is 11.1 Å². The van der Waals surface area contributed by atoms with Crippen LogP contribution in [0.4, 0.5) is 10.5 Å². The number of aliphatic hydroxyl groups excluding tert-OH is 1. The van der Waals surface area contributed by atoms with E-state index in [2.05, 4.69) is 39.6 Å². The van der Waals surface area contributed by atoms with Gasteiger partial charge in [-0.2, -0.15) is 0 Å². The van der Waals surface area contributed by atoms with Crippen LogP contribution in [0.15, 0.2) is 133 Å². The number of aryl methyl sites for hydroxylation is 3. The standard InChI is InChI=1S/C45H53N3O6S/c49-43(33-46-29-12-10-16-37-22-24-38(25-23-37)17-11-13-30-47-45(50)54-35-40-20-8-3-9-21-40)41-26-27-44(53-34-39-18-6-2-7-19-39)42(32-41)48-55(51,52)31-28-36-14-4-1-5-15-36/h1-9,14-15,18-27,32,43,46,48-49H,10-13,16-17,28-31,33-35H2,(H,47,50)/t43-/m0/s1. The molecule has 10 heteroatoms. The van der Waals surface area contributed by atoms with Crippen LogP contribution in [0.3, 0.4) is 0 Å². The largest absolute Gasteiger partial charge is 0.487 e. The Labute approximate surface area is 326 Å². The van der Waals surface area contributed by atoms with Gasteiger partial charge in [0.2, 0.25) is 10.0 Å². The van der Waals surface area contributed by atoms with Crippen LogP contribution in [-0.2, 0) is 47.2 Å². The Morgan fingerprint density at radius 2 is 1.16 bits per heavy atom. The summed E-state index contributed by atoms with van der Waals surface area (Å²) in [6.07, 6.45) is 4.92. The van der Waals surface area contributed by atoms with Gasteiger partial charge in [-0.3, -0.25) is 4.72 Å². The molecule has 0 unspecified atom stereocenters. The number of nitrogens with one attached hydrogen (secondary N) is 3. The molecular formula is C45H53N3O6S. The van der Waals surface area contributed by atoms with Gasteiger partial charge in [-0.1, -0.05) is 121 Å². The van der Waals surface area contributed by atoms with E-state index < -0.39 is 16.1 Å². The molecule has 5 aromatic carbocycles. The minimum atomic E-state index is -3.70. The van der Waals surface area contributed by atoms with E-state index in [1.54, 1.807) is 18.2 Å². The third-order valence-electron chi connectivity index (χ3n) is 9.20. The van der Waals surface area contributed by atoms with Gasteiger partial charge in [0.1, 0.15) is 19.0 Å². The second-order valence-corrected chi connectivity index (χ2v) is 15.5. The number of carbonyl (C=O) groups excluding carboxylic acids is 1. The summed E-state index contributed by atoms with van der Waals surface area (Å²) in [7, 11) is -3.70. The zero-order chi connectivity index (χ0) is 38.6. The normalized spacial score (nSPS) is 11.8. The number of sulfonamides is 1. The number of aliphatic hydroxyl groups is 1. The third-order valence-corrected chi connectivity index (χ3v) is 10.5. The van der Waals surface area contributed by atoms with Crippen molar-refractivity contribution in [1.29, 1.82) is 0 Å². The summed E-state index contributed by atoms with van der Waals surface area (Å²) in [5.41, 5.74) is 6.34. The lowest BCUT2D eigenvalue weighted by Crippen LogP contribution is -2.25. The molecule has 0 saturated carbocycles. The summed E-state index contributed by atoms with van der Waals surface area (Å²) in [5.74, 6) is 0.318. The molecule has 0 spiro atoms. The smallest absolute Gasteiger partial charge is 0.407 e. The van der Waals surface area contributed by atoms with Crippen LogP contribution in [0.2, 0.25) is 0 Å². The summed E-state index contributed by atoms with van der Waals surface area (Å²) >= 11 is 0. The Balaban J connectivity index is 0.999. The molecule has 0 fully saturated rings. The van der Waals surface area contributed by atoms with Gasteiger partial charge in [0.05, 0.1) is 17.5 Å². The van der Waals surface area contributed by atoms with Crippen LogP contribution < -0.4 is 20.1 Å². The molecule has 0 aliphatic rings. The van der Waals surface area contributed by atoms with E-state index in [4.69, 9.17) is 9.47 Å². The van der Waals surface area contributed by atoms with E-state index >= 15 is 0 Å². The Morgan fingerprint density at radius 3 is 1.78 bits per heavy atom. The number of carbonyl (C=O) groups is 1. The maximum Gasteiger partial charge on any atom is 0.407 e. The molecule has 55 heavy (non-hydrogen) atoms. The molecule has 0 aromatic heterocycles. The van der Waals surface area contributed by atoms with Crippen molar-refractivity contribution in [3.05, 3.63) is 167 Å². The summed E-state index contributed by atoms with van der Waals surface area (Å²) in [4.78, 5) is 11.9. The average Bonchev–Trinajstić information content (AvgIpc) is 3.21. The molecule has 5 aromatic rings. The second kappa shape index (κ2) is 22.3. The van der Waals surface area contributed by atoms with Gasteiger partial charge in [-0.15, -0.1) is 0 Å². The van der Waals surface area contributed by atoms with E-state index in [-0.39, 0.29) is 25.1 Å². The molecule has 1 amide bonds. The number of anilines is 1. The van der Waals surface area contributed by atoms with Crippen LogP contribution in [0, 0.1) is 0 Å². The van der Waals surface area contributed by atoms with Crippen molar-refractivity contribution in [3.8, 4) is 5.75 Å². The first-order chi connectivity index (χ1) is 26.8. The fraction of sp³-hybridized carbons (Fsp3) is 0.311. The monoisotopic (exact) mass is 763 g/mol.